The number of methoxy groups -OCH3 is 1. The first-order chi connectivity index (χ1) is 17.2. The van der Waals surface area contributed by atoms with Gasteiger partial charge in [-0.25, -0.2) is 22.9 Å². The summed E-state index contributed by atoms with van der Waals surface area (Å²) >= 11 is 1.17. The number of aliphatic imine (C=N–C) groups is 1. The molecule has 204 valence electrons. The van der Waals surface area contributed by atoms with Crippen LogP contribution in [-0.4, -0.2) is 56.5 Å². The van der Waals surface area contributed by atoms with Gasteiger partial charge in [0.2, 0.25) is 11.7 Å². The molecule has 0 fully saturated rings. The Kier molecular flexibility index (Phi) is 10.0. The minimum Gasteiger partial charge on any atom is -0.496 e. The van der Waals surface area contributed by atoms with Gasteiger partial charge in [-0.3, -0.25) is 9.79 Å². The number of aryl methyl sites for hydroxylation is 1. The molecule has 4 N–H and O–H groups in total. The molecule has 1 unspecified atom stereocenters. The van der Waals surface area contributed by atoms with Crippen molar-refractivity contribution in [1.82, 2.24) is 15.0 Å². The van der Waals surface area contributed by atoms with Gasteiger partial charge in [0, 0.05) is 18.1 Å². The van der Waals surface area contributed by atoms with E-state index >= 15 is 0 Å². The molecular formula is C24H35N5O6S2. The molecule has 0 radical (unpaired) electrons. The summed E-state index contributed by atoms with van der Waals surface area (Å²) in [5.41, 5.74) is 6.90. The lowest BCUT2D eigenvalue weighted by molar-refractivity contribution is 0.0488. The highest BCUT2D eigenvalue weighted by molar-refractivity contribution is 7.90. The normalized spacial score (nSPS) is 13.1. The zero-order chi connectivity index (χ0) is 28.0. The number of ether oxygens (including phenoxy) is 2. The second-order valence-electron chi connectivity index (χ2n) is 9.39. The maximum Gasteiger partial charge on any atom is 0.408 e. The molecule has 1 aromatic carbocycles. The molecule has 13 heteroatoms. The average molecular weight is 554 g/mol. The number of guanidine groups is 1. The Labute approximate surface area is 221 Å². The third kappa shape index (κ3) is 8.42. The van der Waals surface area contributed by atoms with Crippen molar-refractivity contribution < 1.29 is 27.5 Å². The number of hydrogen-bond donors (Lipinski definition) is 3. The molecule has 1 heterocycles. The van der Waals surface area contributed by atoms with Crippen molar-refractivity contribution in [1.29, 1.82) is 0 Å². The van der Waals surface area contributed by atoms with Crippen LogP contribution in [-0.2, 0) is 14.8 Å². The molecule has 0 spiro atoms. The molecule has 1 amide bonds. The van der Waals surface area contributed by atoms with E-state index in [4.69, 9.17) is 15.2 Å². The first-order valence-electron chi connectivity index (χ1n) is 11.6. The van der Waals surface area contributed by atoms with E-state index in [-0.39, 0.29) is 34.6 Å². The quantitative estimate of drug-likeness (QED) is 0.175. The number of rotatable bonds is 10. The maximum absolute atomic E-state index is 13.0. The second-order valence-corrected chi connectivity index (χ2v) is 11.9. The van der Waals surface area contributed by atoms with Gasteiger partial charge >= 0.3 is 6.09 Å². The summed E-state index contributed by atoms with van der Waals surface area (Å²) in [7, 11) is -2.47. The maximum atomic E-state index is 13.0. The van der Waals surface area contributed by atoms with Gasteiger partial charge in [-0.2, -0.15) is 0 Å². The number of benzene rings is 1. The largest absolute Gasteiger partial charge is 0.496 e. The number of amides is 1. The molecular weight excluding hydrogens is 518 g/mol. The summed E-state index contributed by atoms with van der Waals surface area (Å²) in [6.07, 6.45) is 1.34. The zero-order valence-corrected chi connectivity index (χ0v) is 23.8. The number of thiazole rings is 1. The van der Waals surface area contributed by atoms with Crippen molar-refractivity contribution in [3.8, 4) is 5.75 Å². The van der Waals surface area contributed by atoms with E-state index in [2.05, 4.69) is 20.0 Å². The van der Waals surface area contributed by atoms with Crippen LogP contribution in [0.2, 0.25) is 0 Å². The van der Waals surface area contributed by atoms with Crippen LogP contribution in [0.15, 0.2) is 27.5 Å². The molecule has 1 atom stereocenters. The van der Waals surface area contributed by atoms with Crippen molar-refractivity contribution in [2.24, 2.45) is 10.7 Å². The fourth-order valence-corrected chi connectivity index (χ4v) is 5.69. The fourth-order valence-electron chi connectivity index (χ4n) is 3.58. The third-order valence-electron chi connectivity index (χ3n) is 5.29. The SMILES string of the molecule is COc1cc(C)c(S(=O)(=O)NC(N)=NCCCC(NC(=O)OC(C)(C)C)C(=O)c2nccs2)c(C)c1C. The van der Waals surface area contributed by atoms with Crippen molar-refractivity contribution in [2.45, 2.75) is 70.9 Å². The monoisotopic (exact) mass is 553 g/mol. The van der Waals surface area contributed by atoms with E-state index in [9.17, 15) is 18.0 Å². The Bertz CT molecular complexity index is 1250. The van der Waals surface area contributed by atoms with Gasteiger partial charge in [-0.15, -0.1) is 11.3 Å². The number of nitrogens with zero attached hydrogens (tertiary/aromatic N) is 2. The van der Waals surface area contributed by atoms with Crippen LogP contribution < -0.4 is 20.5 Å². The van der Waals surface area contributed by atoms with E-state index < -0.39 is 27.8 Å². The van der Waals surface area contributed by atoms with E-state index in [0.717, 1.165) is 0 Å². The summed E-state index contributed by atoms with van der Waals surface area (Å²) in [5.74, 6) is -0.0352. The lowest BCUT2D eigenvalue weighted by Gasteiger charge is -2.22. The Balaban J connectivity index is 2.08. The molecule has 2 aromatic rings. The fraction of sp³-hybridized carbons (Fsp3) is 0.500. The zero-order valence-electron chi connectivity index (χ0n) is 22.2. The minimum atomic E-state index is -3.99. The number of nitrogens with one attached hydrogen (secondary N) is 2. The van der Waals surface area contributed by atoms with Crippen LogP contribution in [0.25, 0.3) is 0 Å². The van der Waals surface area contributed by atoms with Gasteiger partial charge in [-0.05, 0) is 77.1 Å². The molecule has 1 aromatic heterocycles. The number of hydrogen-bond acceptors (Lipinski definition) is 9. The standard InChI is InChI=1S/C24H35N5O6S2/c1-14-13-18(34-7)15(2)16(3)20(14)37(32,33)29-22(25)27-10-8-9-17(19(30)21-26-11-12-36-21)28-23(31)35-24(4,5)6/h11-13,17H,8-10H2,1-7H3,(H,28,31)(H3,25,27,29). The van der Waals surface area contributed by atoms with Crippen molar-refractivity contribution in [2.75, 3.05) is 13.7 Å². The van der Waals surface area contributed by atoms with Gasteiger partial charge in [0.25, 0.3) is 10.0 Å². The van der Waals surface area contributed by atoms with Gasteiger partial charge in [-0.1, -0.05) is 0 Å². The summed E-state index contributed by atoms with van der Waals surface area (Å²) < 4.78 is 38.9. The molecule has 0 aliphatic carbocycles. The van der Waals surface area contributed by atoms with E-state index in [1.807, 2.05) is 0 Å². The number of carbonyl (C=O) groups is 2. The van der Waals surface area contributed by atoms with Crippen LogP contribution in [0.4, 0.5) is 4.79 Å². The number of sulfonamides is 1. The van der Waals surface area contributed by atoms with Crippen LogP contribution in [0.3, 0.4) is 0 Å². The molecule has 0 bridgehead atoms. The molecule has 37 heavy (non-hydrogen) atoms. The minimum absolute atomic E-state index is 0.111. The first kappa shape index (κ1) is 30.0. The molecule has 0 aliphatic rings. The number of alkyl carbamates (subject to hydrolysis) is 1. The molecule has 2 rings (SSSR count). The van der Waals surface area contributed by atoms with Crippen molar-refractivity contribution in [3.05, 3.63) is 39.3 Å². The highest BCUT2D eigenvalue weighted by Crippen LogP contribution is 2.30. The van der Waals surface area contributed by atoms with Crippen LogP contribution in [0, 0.1) is 20.8 Å². The Morgan fingerprint density at radius 2 is 1.89 bits per heavy atom. The Hall–Kier alpha value is -3.19. The molecule has 11 nitrogen and oxygen atoms in total. The number of Topliss-reactive ketones (excluding diaryl/α,β-unsaturated/α-hetero) is 1. The average Bonchev–Trinajstić information content (AvgIpc) is 3.31. The lowest BCUT2D eigenvalue weighted by atomic mass is 10.1. The van der Waals surface area contributed by atoms with E-state index in [0.29, 0.717) is 28.9 Å². The topological polar surface area (TPSA) is 162 Å². The summed E-state index contributed by atoms with van der Waals surface area (Å²) in [5, 5.41) is 4.52. The smallest absolute Gasteiger partial charge is 0.408 e. The summed E-state index contributed by atoms with van der Waals surface area (Å²) in [6.45, 7) is 10.4. The van der Waals surface area contributed by atoms with Gasteiger partial charge < -0.3 is 20.5 Å². The molecule has 0 saturated heterocycles. The van der Waals surface area contributed by atoms with Crippen LogP contribution >= 0.6 is 11.3 Å². The first-order valence-corrected chi connectivity index (χ1v) is 13.9. The lowest BCUT2D eigenvalue weighted by Crippen LogP contribution is -2.43. The number of ketones is 1. The summed E-state index contributed by atoms with van der Waals surface area (Å²) in [6, 6.07) is 0.767. The second kappa shape index (κ2) is 12.4. The highest BCUT2D eigenvalue weighted by Gasteiger charge is 2.27. The number of nitrogens with two attached hydrogens (primary N) is 1. The van der Waals surface area contributed by atoms with Crippen molar-refractivity contribution >= 4 is 39.2 Å². The Morgan fingerprint density at radius 3 is 2.46 bits per heavy atom. The third-order valence-corrected chi connectivity index (χ3v) is 7.72. The predicted molar refractivity (Wildman–Crippen MR) is 143 cm³/mol. The number of aromatic nitrogens is 1. The van der Waals surface area contributed by atoms with Gasteiger partial charge in [0.1, 0.15) is 11.4 Å². The van der Waals surface area contributed by atoms with Gasteiger partial charge in [0.05, 0.1) is 18.0 Å². The van der Waals surface area contributed by atoms with Crippen molar-refractivity contribution in [3.63, 3.8) is 0 Å². The van der Waals surface area contributed by atoms with E-state index in [1.165, 1.54) is 24.6 Å². The Morgan fingerprint density at radius 1 is 1.22 bits per heavy atom. The highest BCUT2D eigenvalue weighted by atomic mass is 32.2. The van der Waals surface area contributed by atoms with Gasteiger partial charge in [0.15, 0.2) is 5.01 Å². The van der Waals surface area contributed by atoms with E-state index in [1.54, 1.807) is 53.0 Å². The predicted octanol–water partition coefficient (Wildman–Crippen LogP) is 3.23. The molecule has 0 aliphatic heterocycles. The molecule has 0 saturated carbocycles. The summed E-state index contributed by atoms with van der Waals surface area (Å²) in [4.78, 5) is 33.3. The van der Waals surface area contributed by atoms with Crippen LogP contribution in [0.5, 0.6) is 5.75 Å². The van der Waals surface area contributed by atoms with Crippen LogP contribution in [0.1, 0.15) is 60.1 Å². The number of carbonyl (C=O) groups excluding carboxylic acids is 2.